The van der Waals surface area contributed by atoms with Crippen LogP contribution < -0.4 is 102 Å². The number of aromatic hydroxyl groups is 3. The highest BCUT2D eigenvalue weighted by atomic mass is 16.6. The number of aromatic amines is 1. The Bertz CT molecular complexity index is 7350. The van der Waals surface area contributed by atoms with Crippen molar-refractivity contribution in [3.05, 3.63) is 281 Å². The Morgan fingerprint density at radius 3 is 1.03 bits per heavy atom. The quantitative estimate of drug-likeness (QED) is 0.00435. The number of allylic oxidation sites excluding steroid dienone is 4. The number of carbonyl (C=O) groups is 4. The van der Waals surface area contributed by atoms with Gasteiger partial charge in [-0.25, -0.2) is 4.79 Å². The van der Waals surface area contributed by atoms with Gasteiger partial charge in [0.15, 0.2) is 138 Å². The van der Waals surface area contributed by atoms with Gasteiger partial charge in [-0.3, -0.25) is 54.4 Å². The van der Waals surface area contributed by atoms with E-state index in [1.165, 1.54) is 146 Å². The number of carboxylic acid groups (broad SMARTS) is 1. The first kappa shape index (κ1) is 109. The smallest absolute Gasteiger partial charge is 0.335 e. The molecule has 1 aliphatic rings. The van der Waals surface area contributed by atoms with E-state index >= 15 is 0 Å². The van der Waals surface area contributed by atoms with Gasteiger partial charge in [0.05, 0.1) is 192 Å². The van der Waals surface area contributed by atoms with Crippen LogP contribution in [0.5, 0.6) is 121 Å². The zero-order valence-electron chi connectivity index (χ0n) is 82.9. The number of hydrogen-bond acceptors (Lipinski definition) is 37. The molecule has 41 heteroatoms. The Hall–Kier alpha value is -19.2. The Morgan fingerprint density at radius 2 is 0.644 bits per heavy atom. The average molecular weight is 2010 g/mol. The van der Waals surface area contributed by atoms with Crippen molar-refractivity contribution in [3.63, 3.8) is 0 Å². The van der Waals surface area contributed by atoms with Gasteiger partial charge in [0.1, 0.15) is 16.7 Å². The highest BCUT2D eigenvalue weighted by molar-refractivity contribution is 6.21. The van der Waals surface area contributed by atoms with Crippen molar-refractivity contribution in [1.82, 2.24) is 19.9 Å². The molecule has 4 heterocycles. The Kier molecular flexibility index (Phi) is 36.9. The molecule has 15 aromatic rings. The minimum Gasteiger partial charge on any atom is -0.504 e. The summed E-state index contributed by atoms with van der Waals surface area (Å²) in [6.07, 6.45) is 13.6. The number of nitrogens with zero attached hydrogens (tertiary/aromatic N) is 5. The second-order valence-electron chi connectivity index (χ2n) is 30.2. The maximum Gasteiger partial charge on any atom is 0.335 e. The first-order valence-corrected chi connectivity index (χ1v) is 42.9. The van der Waals surface area contributed by atoms with Crippen LogP contribution in [0.15, 0.2) is 210 Å². The summed E-state index contributed by atoms with van der Waals surface area (Å²) < 4.78 is 103. The number of carbonyl (C=O) groups excluding carboxylic acids is 3. The number of pyridine rings is 4. The molecule has 11 aromatic carbocycles. The molecular weight excluding hydrogens is 1900 g/mol. The van der Waals surface area contributed by atoms with E-state index in [9.17, 15) is 59.5 Å². The molecule has 0 amide bonds. The molecule has 4 aromatic heterocycles. The monoisotopic (exact) mass is 2000 g/mol. The lowest BCUT2D eigenvalue weighted by molar-refractivity contribution is -0.385. The van der Waals surface area contributed by atoms with E-state index in [1.807, 2.05) is 49.7 Å². The third-order valence-electron chi connectivity index (χ3n) is 22.1. The molecule has 0 atom stereocenters. The first-order valence-electron chi connectivity index (χ1n) is 42.9. The molecule has 41 nitrogen and oxygen atoms in total. The SMILES string of the molecule is COC1=C(OC)C=C(C)[C+]=C1.COc1cc(C(=O)c2cc(OC)c(OC)cc2[N+](=O)[O-])c([N+](=O)[O-])cc1OC.COc1cc(N)c(C(=O)c2cc(OC)c(OC)cc2N)cc1OC.COc1cc2ncc3cnc4cc(OC)c(OC)cc4c3c2cc1OC.COc1ccc(C(=O)O)cc1OC.COc1ccc(C(=O)c2ccc(OC)c(OC)c2)cc1OC.O=c1cc2ncc3c[nH]c4cc(O)c(O)cc4c3c2cc1O. The summed E-state index contributed by atoms with van der Waals surface area (Å²) in [4.78, 5) is 98.3. The van der Waals surface area contributed by atoms with E-state index in [1.54, 1.807) is 118 Å². The van der Waals surface area contributed by atoms with Crippen LogP contribution in [0, 0.1) is 26.3 Å². The summed E-state index contributed by atoms with van der Waals surface area (Å²) in [5, 5.41) is 67.3. The minimum absolute atomic E-state index is 0.0348. The van der Waals surface area contributed by atoms with Gasteiger partial charge in [0, 0.05) is 162 Å². The average Bonchev–Trinajstić information content (AvgIpc) is 0.748. The highest BCUT2D eigenvalue weighted by Gasteiger charge is 2.33. The lowest BCUT2D eigenvalue weighted by Gasteiger charge is -2.14. The van der Waals surface area contributed by atoms with E-state index in [0.29, 0.717) is 113 Å². The number of ether oxygens (including phenoxy) is 20. The number of rotatable bonds is 29. The van der Waals surface area contributed by atoms with Gasteiger partial charge in [0.25, 0.3) is 22.9 Å². The van der Waals surface area contributed by atoms with Crippen LogP contribution in [0.25, 0.3) is 65.2 Å². The third kappa shape index (κ3) is 24.3. The van der Waals surface area contributed by atoms with Crippen LogP contribution >= 0.6 is 0 Å². The number of aromatic nitrogens is 4. The molecule has 146 heavy (non-hydrogen) atoms. The number of ketones is 3. The highest BCUT2D eigenvalue weighted by Crippen LogP contribution is 2.46. The molecule has 0 unspecified atom stereocenters. The fourth-order valence-electron chi connectivity index (χ4n) is 14.8. The van der Waals surface area contributed by atoms with E-state index in [4.69, 9.17) is 111 Å². The number of benzene rings is 11. The van der Waals surface area contributed by atoms with Crippen molar-refractivity contribution in [1.29, 1.82) is 0 Å². The van der Waals surface area contributed by atoms with Crippen LogP contribution in [0.2, 0.25) is 0 Å². The maximum atomic E-state index is 13.0. The number of aromatic carboxylic acids is 1. The van der Waals surface area contributed by atoms with E-state index in [-0.39, 0.29) is 79.9 Å². The number of carboxylic acids is 1. The Morgan fingerprint density at radius 1 is 0.336 bits per heavy atom. The lowest BCUT2D eigenvalue weighted by atomic mass is 9.99. The number of methoxy groups -OCH3 is 20. The maximum absolute atomic E-state index is 13.0. The van der Waals surface area contributed by atoms with Gasteiger partial charge in [-0.15, -0.1) is 0 Å². The predicted octanol–water partition coefficient (Wildman–Crippen LogP) is 17.4. The molecule has 0 aliphatic heterocycles. The van der Waals surface area contributed by atoms with E-state index in [2.05, 4.69) is 26.0 Å². The van der Waals surface area contributed by atoms with Crippen LogP contribution in [-0.4, -0.2) is 216 Å². The fraction of sp³-hybridized carbons (Fsp3) is 0.200. The van der Waals surface area contributed by atoms with Crippen LogP contribution in [0.1, 0.15) is 65.0 Å². The van der Waals surface area contributed by atoms with Crippen molar-refractivity contribution in [2.45, 2.75) is 6.92 Å². The van der Waals surface area contributed by atoms with Gasteiger partial charge in [-0.2, -0.15) is 0 Å². The number of nitrogens with one attached hydrogen (secondary N) is 1. The Labute approximate surface area is 833 Å². The number of nitro groups is 2. The fourth-order valence-corrected chi connectivity index (χ4v) is 14.8. The summed E-state index contributed by atoms with van der Waals surface area (Å²) in [6.45, 7) is 1.96. The topological polar surface area (TPSA) is 544 Å². The third-order valence-corrected chi connectivity index (χ3v) is 22.1. The van der Waals surface area contributed by atoms with Gasteiger partial charge >= 0.3 is 5.97 Å². The van der Waals surface area contributed by atoms with Crippen molar-refractivity contribution in [3.8, 4) is 121 Å². The van der Waals surface area contributed by atoms with Gasteiger partial charge < -0.3 is 132 Å². The number of phenolic OH excluding ortho intramolecular Hbond substituents is 3. The van der Waals surface area contributed by atoms with Crippen molar-refractivity contribution in [2.24, 2.45) is 0 Å². The molecule has 0 saturated carbocycles. The molecule has 0 saturated heterocycles. The molecule has 0 radical (unpaired) electrons. The standard InChI is InChI=1S/C20H18N2O4.C17H16N2O9.C17H20N2O5.C17H18O5.C16H10N2O4.C9H10O4.C9H11O2/c1-23-16-5-12-14(7-18(16)25-3)21-9-11-10-22-15-8-19(26-4)17(24-2)6-13(15)20(11)12;1-25-13-5-9(11(18(21)22)7-15(13)27-3)17(20)10-6-14(26-2)16(28-4)8-12(10)19(23)24;1-21-13-5-9(11(18)7-15(13)23-3)17(20)10-6-14(22-2)16(24-4)8-12(10)19;1-19-13-7-5-11(9-15(13)21-3)17(18)12-6-8-14(20-2)16(10-12)22-4;19-12-1-8-10(3-14(12)21)17-5-7-6-18-11-4-15(22)13(20)2-9(11)16(7)8;1-12-7-4-3-6(9(10)11)5-8(7)13-2;1-7-4-5-8(10-2)9(6-7)11-3/h5-10H,1-4H3;5-8H,1-4H3;5-8H,18-19H2,1-4H3;5-10H,1-4H3;1-6,17,19-21H;3-5H,1-2H3,(H,10,11);5-6H,1-3H3/q;;;;;;+1. The number of anilines is 2. The zero-order valence-corrected chi connectivity index (χ0v) is 82.9. The van der Waals surface area contributed by atoms with Gasteiger partial charge in [-0.1, -0.05) is 0 Å². The van der Waals surface area contributed by atoms with Crippen LogP contribution in [0.3, 0.4) is 0 Å². The van der Waals surface area contributed by atoms with Gasteiger partial charge in [0.2, 0.25) is 11.2 Å². The summed E-state index contributed by atoms with van der Waals surface area (Å²) in [5.74, 6) is 5.75. The lowest BCUT2D eigenvalue weighted by Crippen LogP contribution is -2.10. The van der Waals surface area contributed by atoms with Gasteiger partial charge in [-0.05, 0) is 97.9 Å². The summed E-state index contributed by atoms with van der Waals surface area (Å²) in [7, 11) is 29.9. The molecule has 0 bridgehead atoms. The number of phenols is 3. The van der Waals surface area contributed by atoms with E-state index in [0.717, 1.165) is 84.7 Å². The molecule has 9 N–H and O–H groups in total. The van der Waals surface area contributed by atoms with Crippen molar-refractivity contribution >= 4 is 111 Å². The molecule has 0 spiro atoms. The van der Waals surface area contributed by atoms with Crippen molar-refractivity contribution in [2.75, 3.05) is 154 Å². The molecular formula is C105H103N8O33+. The summed E-state index contributed by atoms with van der Waals surface area (Å²) >= 11 is 0. The van der Waals surface area contributed by atoms with E-state index < -0.39 is 49.5 Å². The number of nitrogen functional groups attached to an aromatic ring is 2. The Balaban J connectivity index is 0.000000177. The van der Waals surface area contributed by atoms with Crippen LogP contribution in [0.4, 0.5) is 22.7 Å². The predicted molar refractivity (Wildman–Crippen MR) is 542 cm³/mol. The van der Waals surface area contributed by atoms with Crippen LogP contribution in [-0.2, 0) is 9.47 Å². The minimum atomic E-state index is -0.985. The summed E-state index contributed by atoms with van der Waals surface area (Å²) in [6, 6.07) is 38.0. The number of H-pyrrole nitrogens is 1. The molecule has 16 rings (SSSR count). The number of fused-ring (bicyclic) bond motifs is 10. The molecule has 0 fully saturated rings. The zero-order chi connectivity index (χ0) is 107. The molecule has 760 valence electrons. The number of nitrogens with two attached hydrogens (primary N) is 2. The largest absolute Gasteiger partial charge is 0.504 e. The second-order valence-corrected chi connectivity index (χ2v) is 30.2. The number of hydrogen-bond donors (Lipinski definition) is 7. The summed E-state index contributed by atoms with van der Waals surface area (Å²) in [5.41, 5.74) is 15.4. The first-order chi connectivity index (χ1) is 70.1. The second kappa shape index (κ2) is 49.6. The van der Waals surface area contributed by atoms with Crippen molar-refractivity contribution < 1.29 is 144 Å². The normalized spacial score (nSPS) is 10.8. The number of nitro benzene ring substituents is 2. The molecule has 1 aliphatic carbocycles.